The van der Waals surface area contributed by atoms with Gasteiger partial charge in [0, 0.05) is 56.0 Å². The van der Waals surface area contributed by atoms with Crippen LogP contribution in [-0.4, -0.2) is 59.3 Å². The Morgan fingerprint density at radius 3 is 2.33 bits per heavy atom. The zero-order chi connectivity index (χ0) is 22.8. The molecule has 0 atom stereocenters. The lowest BCUT2D eigenvalue weighted by molar-refractivity contribution is 0.0688. The maximum atomic E-state index is 13.5. The zero-order valence-electron chi connectivity index (χ0n) is 18.0. The van der Waals surface area contributed by atoms with Crippen molar-refractivity contribution in [2.24, 2.45) is 0 Å². The molecule has 0 unspecified atom stereocenters. The summed E-state index contributed by atoms with van der Waals surface area (Å²) in [6, 6.07) is 23.1. The first-order chi connectivity index (χ1) is 16.0. The summed E-state index contributed by atoms with van der Waals surface area (Å²) >= 11 is 0. The number of rotatable bonds is 5. The molecular formula is C25H24N4O3S. The zero-order valence-corrected chi connectivity index (χ0v) is 18.9. The van der Waals surface area contributed by atoms with Gasteiger partial charge in [-0.25, -0.2) is 8.42 Å². The second-order valence-electron chi connectivity index (χ2n) is 8.05. The van der Waals surface area contributed by atoms with Crippen molar-refractivity contribution in [3.8, 4) is 0 Å². The van der Waals surface area contributed by atoms with Crippen molar-refractivity contribution in [1.29, 1.82) is 0 Å². The molecule has 1 fully saturated rings. The highest BCUT2D eigenvalue weighted by atomic mass is 32.2. The molecule has 168 valence electrons. The Balaban J connectivity index is 1.38. The molecule has 3 heterocycles. The van der Waals surface area contributed by atoms with Crippen molar-refractivity contribution >= 4 is 26.8 Å². The first-order valence-corrected chi connectivity index (χ1v) is 12.3. The molecule has 0 bridgehead atoms. The lowest BCUT2D eigenvalue weighted by Gasteiger charge is -2.34. The minimum atomic E-state index is -3.62. The molecule has 0 saturated carbocycles. The van der Waals surface area contributed by atoms with Crippen molar-refractivity contribution in [1.82, 2.24) is 18.8 Å². The van der Waals surface area contributed by atoms with Crippen LogP contribution in [0.1, 0.15) is 16.1 Å². The summed E-state index contributed by atoms with van der Waals surface area (Å²) in [5, 5.41) is 1.01. The fourth-order valence-electron chi connectivity index (χ4n) is 4.27. The molecule has 1 aliphatic heterocycles. The number of nitrogens with zero attached hydrogens (tertiary/aromatic N) is 4. The second-order valence-corrected chi connectivity index (χ2v) is 9.98. The normalized spacial score (nSPS) is 15.1. The quantitative estimate of drug-likeness (QED) is 0.458. The number of piperazine rings is 1. The number of benzene rings is 2. The molecule has 2 aromatic carbocycles. The Morgan fingerprint density at radius 1 is 0.879 bits per heavy atom. The van der Waals surface area contributed by atoms with Gasteiger partial charge >= 0.3 is 0 Å². The van der Waals surface area contributed by atoms with Crippen molar-refractivity contribution < 1.29 is 13.2 Å². The predicted octanol–water partition coefficient (Wildman–Crippen LogP) is 3.23. The molecule has 1 amide bonds. The fraction of sp³-hybridized carbons (Fsp3) is 0.200. The maximum Gasteiger partial charge on any atom is 0.270 e. The third-order valence-electron chi connectivity index (χ3n) is 6.01. The van der Waals surface area contributed by atoms with Crippen molar-refractivity contribution in [2.75, 3.05) is 26.2 Å². The molecule has 8 heteroatoms. The van der Waals surface area contributed by atoms with Crippen molar-refractivity contribution in [3.63, 3.8) is 0 Å². The van der Waals surface area contributed by atoms with Crippen LogP contribution in [0.15, 0.2) is 90.1 Å². The SMILES string of the molecule is O=C(c1cc2ccccc2n1Cc1ccccc1)N1CCN(S(=O)(=O)c2cccnc2)CC1. The number of para-hydroxylation sites is 1. The van der Waals surface area contributed by atoms with Gasteiger partial charge in [-0.3, -0.25) is 9.78 Å². The largest absolute Gasteiger partial charge is 0.335 e. The van der Waals surface area contributed by atoms with E-state index in [4.69, 9.17) is 0 Å². The van der Waals surface area contributed by atoms with Crippen LogP contribution in [0.5, 0.6) is 0 Å². The number of pyridine rings is 1. The minimum absolute atomic E-state index is 0.0828. The number of carbonyl (C=O) groups excluding carboxylic acids is 1. The maximum absolute atomic E-state index is 13.5. The van der Waals surface area contributed by atoms with Crippen molar-refractivity contribution in [3.05, 3.63) is 96.4 Å². The van der Waals surface area contributed by atoms with Gasteiger partial charge in [0.2, 0.25) is 10.0 Å². The minimum Gasteiger partial charge on any atom is -0.335 e. The number of aromatic nitrogens is 2. The van der Waals surface area contributed by atoms with Gasteiger partial charge in [0.1, 0.15) is 10.6 Å². The number of amides is 1. The van der Waals surface area contributed by atoms with Gasteiger partial charge in [0.25, 0.3) is 5.91 Å². The van der Waals surface area contributed by atoms with Gasteiger partial charge in [0.05, 0.1) is 0 Å². The van der Waals surface area contributed by atoms with Crippen LogP contribution >= 0.6 is 0 Å². The standard InChI is InChI=1S/C25H24N4O3S/c30-25(27-13-15-28(16-14-27)33(31,32)22-10-6-12-26-18-22)24-17-21-9-4-5-11-23(21)29(24)19-20-7-2-1-3-8-20/h1-12,17-18H,13-16,19H2. The van der Waals surface area contributed by atoms with Crippen LogP contribution in [0, 0.1) is 0 Å². The van der Waals surface area contributed by atoms with Crippen molar-refractivity contribution in [2.45, 2.75) is 11.4 Å². The predicted molar refractivity (Wildman–Crippen MR) is 126 cm³/mol. The van der Waals surface area contributed by atoms with E-state index in [2.05, 4.69) is 4.98 Å². The number of hydrogen-bond donors (Lipinski definition) is 0. The van der Waals surface area contributed by atoms with E-state index in [0.29, 0.717) is 25.3 Å². The van der Waals surface area contributed by atoms with Crippen LogP contribution in [-0.2, 0) is 16.6 Å². The summed E-state index contributed by atoms with van der Waals surface area (Å²) in [5.41, 5.74) is 2.73. The van der Waals surface area contributed by atoms with Gasteiger partial charge in [-0.1, -0.05) is 48.5 Å². The highest BCUT2D eigenvalue weighted by Gasteiger charge is 2.31. The van der Waals surface area contributed by atoms with E-state index in [1.165, 1.54) is 10.5 Å². The smallest absolute Gasteiger partial charge is 0.270 e. The highest BCUT2D eigenvalue weighted by Crippen LogP contribution is 2.24. The molecular weight excluding hydrogens is 436 g/mol. The fourth-order valence-corrected chi connectivity index (χ4v) is 5.65. The third kappa shape index (κ3) is 4.15. The Kier molecular flexibility index (Phi) is 5.70. The van der Waals surface area contributed by atoms with Gasteiger partial charge in [-0.2, -0.15) is 4.31 Å². The van der Waals surface area contributed by atoms with E-state index >= 15 is 0 Å². The molecule has 1 saturated heterocycles. The monoisotopic (exact) mass is 460 g/mol. The second kappa shape index (κ2) is 8.80. The van der Waals surface area contributed by atoms with E-state index in [-0.39, 0.29) is 23.9 Å². The van der Waals surface area contributed by atoms with E-state index in [9.17, 15) is 13.2 Å². The topological polar surface area (TPSA) is 75.5 Å². The summed E-state index contributed by atoms with van der Waals surface area (Å²) in [7, 11) is -3.62. The van der Waals surface area contributed by atoms with Gasteiger partial charge in [-0.05, 0) is 29.8 Å². The third-order valence-corrected chi connectivity index (χ3v) is 7.89. The number of hydrogen-bond acceptors (Lipinski definition) is 4. The first-order valence-electron chi connectivity index (χ1n) is 10.9. The van der Waals surface area contributed by atoms with Crippen LogP contribution in [0.4, 0.5) is 0 Å². The Morgan fingerprint density at radius 2 is 1.61 bits per heavy atom. The molecule has 0 spiro atoms. The molecule has 1 aliphatic rings. The lowest BCUT2D eigenvalue weighted by atomic mass is 10.2. The molecule has 2 aromatic heterocycles. The average Bonchev–Trinajstić information content (AvgIpc) is 3.23. The van der Waals surface area contributed by atoms with Gasteiger partial charge in [-0.15, -0.1) is 0 Å². The van der Waals surface area contributed by atoms with Crippen LogP contribution in [0.2, 0.25) is 0 Å². The molecule has 4 aromatic rings. The van der Waals surface area contributed by atoms with Crippen LogP contribution in [0.3, 0.4) is 0 Å². The number of sulfonamides is 1. The van der Waals surface area contributed by atoms with Crippen LogP contribution < -0.4 is 0 Å². The van der Waals surface area contributed by atoms with E-state index in [0.717, 1.165) is 16.5 Å². The molecule has 5 rings (SSSR count). The summed E-state index contributed by atoms with van der Waals surface area (Å²) < 4.78 is 29.2. The molecule has 7 nitrogen and oxygen atoms in total. The van der Waals surface area contributed by atoms with E-state index in [1.807, 2.05) is 65.2 Å². The van der Waals surface area contributed by atoms with E-state index in [1.54, 1.807) is 23.2 Å². The summed E-state index contributed by atoms with van der Waals surface area (Å²) in [5.74, 6) is -0.0828. The van der Waals surface area contributed by atoms with E-state index < -0.39 is 10.0 Å². The highest BCUT2D eigenvalue weighted by molar-refractivity contribution is 7.89. The van der Waals surface area contributed by atoms with Gasteiger partial charge in [0.15, 0.2) is 0 Å². The molecule has 0 aliphatic carbocycles. The summed E-state index contributed by atoms with van der Waals surface area (Å²) in [6.07, 6.45) is 2.90. The Labute approximate surface area is 192 Å². The number of fused-ring (bicyclic) bond motifs is 1. The van der Waals surface area contributed by atoms with Crippen LogP contribution in [0.25, 0.3) is 10.9 Å². The molecule has 0 N–H and O–H groups in total. The number of carbonyl (C=O) groups is 1. The Bertz CT molecular complexity index is 1380. The Hall–Kier alpha value is -3.49. The summed E-state index contributed by atoms with van der Waals surface area (Å²) in [4.78, 5) is 19.4. The first kappa shape index (κ1) is 21.4. The molecule has 33 heavy (non-hydrogen) atoms. The van der Waals surface area contributed by atoms with Gasteiger partial charge < -0.3 is 9.47 Å². The molecule has 0 radical (unpaired) electrons. The average molecular weight is 461 g/mol. The lowest BCUT2D eigenvalue weighted by Crippen LogP contribution is -2.50. The summed E-state index contributed by atoms with van der Waals surface area (Å²) in [6.45, 7) is 1.77.